The Morgan fingerprint density at radius 1 is 1.08 bits per heavy atom. The highest BCUT2D eigenvalue weighted by Gasteiger charge is 2.16. The number of hydrogen-bond acceptors (Lipinski definition) is 5. The molecule has 24 heavy (non-hydrogen) atoms. The second kappa shape index (κ2) is 7.79. The highest BCUT2D eigenvalue weighted by molar-refractivity contribution is 7.09. The number of amides is 1. The fourth-order valence-electron chi connectivity index (χ4n) is 2.41. The Morgan fingerprint density at radius 2 is 1.71 bits per heavy atom. The Kier molecular flexibility index (Phi) is 5.28. The number of nitrogens with zero attached hydrogens (tertiary/aromatic N) is 4. The first-order valence-electron chi connectivity index (χ1n) is 7.67. The molecule has 3 aromatic rings. The lowest BCUT2D eigenvalue weighted by Crippen LogP contribution is -2.31. The molecule has 122 valence electrons. The minimum Gasteiger partial charge on any atom is -0.334 e. The number of thiazole rings is 1. The lowest BCUT2D eigenvalue weighted by Gasteiger charge is -2.22. The lowest BCUT2D eigenvalue weighted by molar-refractivity contribution is -0.131. The first kappa shape index (κ1) is 16.3. The van der Waals surface area contributed by atoms with Crippen molar-refractivity contribution in [2.24, 2.45) is 0 Å². The maximum atomic E-state index is 12.8. The average molecular weight is 338 g/mol. The summed E-state index contributed by atoms with van der Waals surface area (Å²) in [6, 6.07) is 7.71. The van der Waals surface area contributed by atoms with E-state index in [2.05, 4.69) is 15.0 Å². The van der Waals surface area contributed by atoms with Crippen molar-refractivity contribution in [3.05, 3.63) is 76.3 Å². The van der Waals surface area contributed by atoms with E-state index in [1.54, 1.807) is 36.1 Å². The fraction of sp³-hybridized carbons (Fsp3) is 0.222. The second-order valence-electron chi connectivity index (χ2n) is 5.51. The molecule has 3 aromatic heterocycles. The van der Waals surface area contributed by atoms with Crippen molar-refractivity contribution in [1.29, 1.82) is 0 Å². The van der Waals surface area contributed by atoms with Gasteiger partial charge in [0.1, 0.15) is 0 Å². The Hall–Kier alpha value is -2.60. The zero-order valence-electron chi connectivity index (χ0n) is 13.4. The Morgan fingerprint density at radius 3 is 2.17 bits per heavy atom. The van der Waals surface area contributed by atoms with E-state index in [1.807, 2.05) is 41.5 Å². The molecule has 0 aromatic carbocycles. The number of rotatable bonds is 6. The first-order chi connectivity index (χ1) is 11.7. The molecule has 0 radical (unpaired) electrons. The van der Waals surface area contributed by atoms with Gasteiger partial charge in [0, 0.05) is 43.3 Å². The summed E-state index contributed by atoms with van der Waals surface area (Å²) in [6.07, 6.45) is 7.35. The largest absolute Gasteiger partial charge is 0.334 e. The topological polar surface area (TPSA) is 59.0 Å². The van der Waals surface area contributed by atoms with Gasteiger partial charge >= 0.3 is 0 Å². The molecule has 0 aliphatic carbocycles. The van der Waals surface area contributed by atoms with Crippen molar-refractivity contribution in [2.75, 3.05) is 0 Å². The number of aromatic nitrogens is 3. The smallest absolute Gasteiger partial charge is 0.229 e. The van der Waals surface area contributed by atoms with Gasteiger partial charge in [-0.15, -0.1) is 11.3 Å². The van der Waals surface area contributed by atoms with E-state index in [4.69, 9.17) is 0 Å². The van der Waals surface area contributed by atoms with E-state index >= 15 is 0 Å². The zero-order valence-corrected chi connectivity index (χ0v) is 14.2. The Bertz CT molecular complexity index is 748. The third-order valence-corrected chi connectivity index (χ3v) is 4.37. The molecular formula is C18H18N4OS. The molecule has 6 heteroatoms. The summed E-state index contributed by atoms with van der Waals surface area (Å²) in [5, 5.41) is 2.92. The van der Waals surface area contributed by atoms with Crippen molar-refractivity contribution in [3.8, 4) is 0 Å². The van der Waals surface area contributed by atoms with Gasteiger partial charge in [-0.1, -0.05) is 12.1 Å². The molecule has 0 atom stereocenters. The van der Waals surface area contributed by atoms with Gasteiger partial charge in [0.05, 0.1) is 17.1 Å². The van der Waals surface area contributed by atoms with Crippen LogP contribution >= 0.6 is 11.3 Å². The van der Waals surface area contributed by atoms with Crippen LogP contribution in [0.3, 0.4) is 0 Å². The summed E-state index contributed by atoms with van der Waals surface area (Å²) in [6.45, 7) is 2.98. The van der Waals surface area contributed by atoms with Crippen molar-refractivity contribution >= 4 is 17.2 Å². The fourth-order valence-corrected chi connectivity index (χ4v) is 3.03. The summed E-state index contributed by atoms with van der Waals surface area (Å²) >= 11 is 1.56. The molecule has 0 aliphatic heterocycles. The number of carbonyl (C=O) groups excluding carboxylic acids is 1. The molecule has 0 unspecified atom stereocenters. The second-order valence-corrected chi connectivity index (χ2v) is 6.57. The standard InChI is InChI=1S/C18H18N4OS/c1-14-21-17(13-24-14)8-18(23)22(11-15-4-2-6-19-9-15)12-16-5-3-7-20-10-16/h2-7,9-10,13H,8,11-12H2,1H3. The SMILES string of the molecule is Cc1nc(CC(=O)N(Cc2cccnc2)Cc2cccnc2)cs1. The predicted octanol–water partition coefficient (Wildman–Crippen LogP) is 3.01. The number of carbonyl (C=O) groups is 1. The van der Waals surface area contributed by atoms with E-state index < -0.39 is 0 Å². The predicted molar refractivity (Wildman–Crippen MR) is 93.3 cm³/mol. The van der Waals surface area contributed by atoms with Gasteiger partial charge in [-0.05, 0) is 30.2 Å². The van der Waals surface area contributed by atoms with Crippen LogP contribution in [-0.4, -0.2) is 25.8 Å². The summed E-state index contributed by atoms with van der Waals surface area (Å²) in [4.78, 5) is 27.3. The van der Waals surface area contributed by atoms with E-state index in [1.165, 1.54) is 0 Å². The molecule has 0 bridgehead atoms. The van der Waals surface area contributed by atoms with E-state index in [-0.39, 0.29) is 5.91 Å². The van der Waals surface area contributed by atoms with Gasteiger partial charge < -0.3 is 4.90 Å². The van der Waals surface area contributed by atoms with Crippen molar-refractivity contribution in [2.45, 2.75) is 26.4 Å². The summed E-state index contributed by atoms with van der Waals surface area (Å²) in [5.41, 5.74) is 2.83. The third-order valence-electron chi connectivity index (χ3n) is 3.54. The van der Waals surface area contributed by atoms with Crippen LogP contribution in [-0.2, 0) is 24.3 Å². The van der Waals surface area contributed by atoms with Gasteiger partial charge in [0.2, 0.25) is 5.91 Å². The van der Waals surface area contributed by atoms with Crippen LogP contribution < -0.4 is 0 Å². The van der Waals surface area contributed by atoms with Crippen LogP contribution in [0.5, 0.6) is 0 Å². The third kappa shape index (κ3) is 4.45. The minimum atomic E-state index is 0.0491. The van der Waals surface area contributed by atoms with E-state index in [9.17, 15) is 4.79 Å². The van der Waals surface area contributed by atoms with Gasteiger partial charge in [0.15, 0.2) is 0 Å². The summed E-state index contributed by atoms with van der Waals surface area (Å²) < 4.78 is 0. The molecule has 3 rings (SSSR count). The van der Waals surface area contributed by atoms with Crippen LogP contribution in [0.1, 0.15) is 21.8 Å². The minimum absolute atomic E-state index is 0.0491. The van der Waals surface area contributed by atoms with Gasteiger partial charge in [-0.25, -0.2) is 4.98 Å². The summed E-state index contributed by atoms with van der Waals surface area (Å²) in [7, 11) is 0. The normalized spacial score (nSPS) is 10.5. The Balaban J connectivity index is 1.76. The number of aryl methyl sites for hydroxylation is 1. The molecule has 1 amide bonds. The van der Waals surface area contributed by atoms with Crippen LogP contribution in [0, 0.1) is 6.92 Å². The zero-order chi connectivity index (χ0) is 16.8. The highest BCUT2D eigenvalue weighted by Crippen LogP contribution is 2.13. The monoisotopic (exact) mass is 338 g/mol. The van der Waals surface area contributed by atoms with Crippen molar-refractivity contribution < 1.29 is 4.79 Å². The molecule has 0 aliphatic rings. The molecule has 0 fully saturated rings. The maximum Gasteiger partial charge on any atom is 0.229 e. The Labute approximate surface area is 145 Å². The van der Waals surface area contributed by atoms with Gasteiger partial charge in [0.25, 0.3) is 0 Å². The lowest BCUT2D eigenvalue weighted by atomic mass is 10.2. The van der Waals surface area contributed by atoms with Crippen molar-refractivity contribution in [3.63, 3.8) is 0 Å². The number of pyridine rings is 2. The highest BCUT2D eigenvalue weighted by atomic mass is 32.1. The quantitative estimate of drug-likeness (QED) is 0.693. The van der Waals surface area contributed by atoms with Crippen LogP contribution in [0.2, 0.25) is 0 Å². The average Bonchev–Trinajstić information content (AvgIpc) is 3.01. The van der Waals surface area contributed by atoms with Crippen LogP contribution in [0.15, 0.2) is 54.4 Å². The van der Waals surface area contributed by atoms with Gasteiger partial charge in [-0.3, -0.25) is 14.8 Å². The van der Waals surface area contributed by atoms with E-state index in [0.29, 0.717) is 19.5 Å². The number of hydrogen-bond donors (Lipinski definition) is 0. The first-order valence-corrected chi connectivity index (χ1v) is 8.55. The molecule has 3 heterocycles. The van der Waals surface area contributed by atoms with Crippen LogP contribution in [0.25, 0.3) is 0 Å². The molecule has 0 saturated carbocycles. The summed E-state index contributed by atoms with van der Waals surface area (Å²) in [5.74, 6) is 0.0491. The van der Waals surface area contributed by atoms with Gasteiger partial charge in [-0.2, -0.15) is 0 Å². The van der Waals surface area contributed by atoms with Crippen molar-refractivity contribution in [1.82, 2.24) is 19.9 Å². The molecule has 5 nitrogen and oxygen atoms in total. The molecular weight excluding hydrogens is 320 g/mol. The molecule has 0 saturated heterocycles. The van der Waals surface area contributed by atoms with E-state index in [0.717, 1.165) is 21.8 Å². The molecule has 0 N–H and O–H groups in total. The van der Waals surface area contributed by atoms with Crippen LogP contribution in [0.4, 0.5) is 0 Å². The molecule has 0 spiro atoms. The maximum absolute atomic E-state index is 12.8.